The van der Waals surface area contributed by atoms with Gasteiger partial charge in [0.25, 0.3) is 0 Å². The van der Waals surface area contributed by atoms with Gasteiger partial charge in [0, 0.05) is 68.2 Å². The van der Waals surface area contributed by atoms with Gasteiger partial charge in [-0.1, -0.05) is 50.3 Å². The first-order valence-electron chi connectivity index (χ1n) is 17.3. The number of aliphatic imine (C=N–C) groups is 1. The second-order valence-corrected chi connectivity index (χ2v) is 16.2. The van der Waals surface area contributed by atoms with E-state index < -0.39 is 15.3 Å². The fourth-order valence-corrected chi connectivity index (χ4v) is 7.94. The lowest BCUT2D eigenvalue weighted by Crippen LogP contribution is -2.60. The van der Waals surface area contributed by atoms with E-state index in [-0.39, 0.29) is 18.1 Å². The molecule has 13 nitrogen and oxygen atoms in total. The van der Waals surface area contributed by atoms with Gasteiger partial charge in [0.05, 0.1) is 23.7 Å². The second kappa shape index (κ2) is 15.3. The standard InChI is InChI=1S/C37H48N10O3S/c1-25(2)32-24-40-47-35(32)42-37(46-20-16-29(17-21-46)51(49,50)45(5)6)43-36(47)39-23-27-10-7-8-11-30(27)34-31-14-13-28(22-26(31)15-18-38-34)41-33(48)12-9-19-44(3)4/h7-15,18,22,24-25,29,37,42H,16-17,19-21,23H2,1-6H3,(H,39,43)(H,41,48)/b12-9+. The van der Waals surface area contributed by atoms with Crippen molar-refractivity contribution in [3.63, 3.8) is 0 Å². The zero-order valence-electron chi connectivity index (χ0n) is 30.2. The highest BCUT2D eigenvalue weighted by Gasteiger charge is 2.36. The molecule has 1 fully saturated rings. The van der Waals surface area contributed by atoms with Crippen molar-refractivity contribution in [1.82, 2.24) is 34.2 Å². The number of rotatable bonds is 11. The largest absolute Gasteiger partial charge is 0.337 e. The average Bonchev–Trinajstić information content (AvgIpc) is 3.55. The number of anilines is 2. The van der Waals surface area contributed by atoms with Crippen LogP contribution in [0.5, 0.6) is 0 Å². The van der Waals surface area contributed by atoms with Crippen LogP contribution in [0.1, 0.15) is 43.7 Å². The lowest BCUT2D eigenvalue weighted by Gasteiger charge is -2.41. The molecule has 2 aliphatic rings. The Bertz CT molecular complexity index is 2050. The number of nitrogens with zero attached hydrogens (tertiary/aromatic N) is 7. The van der Waals surface area contributed by atoms with Crippen LogP contribution in [-0.2, 0) is 21.4 Å². The third-order valence-electron chi connectivity index (χ3n) is 9.37. The summed E-state index contributed by atoms with van der Waals surface area (Å²) in [5, 5.41) is 16.4. The Morgan fingerprint density at radius 3 is 2.57 bits per heavy atom. The molecule has 6 rings (SSSR count). The van der Waals surface area contributed by atoms with Crippen LogP contribution in [0.15, 0.2) is 78.1 Å². The van der Waals surface area contributed by atoms with Gasteiger partial charge < -0.3 is 20.9 Å². The molecule has 2 aliphatic heterocycles. The molecule has 0 aliphatic carbocycles. The maximum absolute atomic E-state index is 12.8. The highest BCUT2D eigenvalue weighted by atomic mass is 32.2. The molecular formula is C37H48N10O3S. The van der Waals surface area contributed by atoms with E-state index >= 15 is 0 Å². The SMILES string of the molecule is CC(C)c1cnn2c1NC(N1CCC(S(=O)(=O)N(C)C)CC1)NC2=NCc1ccccc1-c1nccc2cc(NC(=O)/C=C/CN(C)C)ccc12. The van der Waals surface area contributed by atoms with E-state index in [1.165, 1.54) is 4.31 Å². The molecular weight excluding hydrogens is 665 g/mol. The Morgan fingerprint density at radius 1 is 1.08 bits per heavy atom. The Kier molecular flexibility index (Phi) is 10.9. The Hall–Kier alpha value is -4.63. The quantitative estimate of drug-likeness (QED) is 0.194. The van der Waals surface area contributed by atoms with Crippen LogP contribution in [0.4, 0.5) is 11.5 Å². The van der Waals surface area contributed by atoms with Gasteiger partial charge in [-0.2, -0.15) is 9.78 Å². The van der Waals surface area contributed by atoms with Crippen molar-refractivity contribution in [1.29, 1.82) is 0 Å². The highest BCUT2D eigenvalue weighted by Crippen LogP contribution is 2.32. The van der Waals surface area contributed by atoms with Gasteiger partial charge in [-0.3, -0.25) is 14.7 Å². The van der Waals surface area contributed by atoms with E-state index in [1.807, 2.05) is 72.3 Å². The second-order valence-electron chi connectivity index (χ2n) is 13.8. The van der Waals surface area contributed by atoms with Crippen LogP contribution in [0, 0.1) is 0 Å². The first kappa shape index (κ1) is 36.2. The van der Waals surface area contributed by atoms with Crippen molar-refractivity contribution in [2.75, 3.05) is 58.5 Å². The van der Waals surface area contributed by atoms with E-state index in [0.29, 0.717) is 50.7 Å². The molecule has 1 saturated heterocycles. The van der Waals surface area contributed by atoms with Crippen LogP contribution in [0.2, 0.25) is 0 Å². The number of piperidine rings is 1. The number of nitrogens with one attached hydrogen (secondary N) is 3. The predicted octanol–water partition coefficient (Wildman–Crippen LogP) is 4.34. The summed E-state index contributed by atoms with van der Waals surface area (Å²) in [5.41, 5.74) is 4.59. The molecule has 0 bridgehead atoms. The molecule has 2 aromatic carbocycles. The maximum atomic E-state index is 12.8. The molecule has 1 amide bonds. The summed E-state index contributed by atoms with van der Waals surface area (Å²) in [6, 6.07) is 15.9. The van der Waals surface area contributed by atoms with Gasteiger partial charge in [0.1, 0.15) is 5.82 Å². The van der Waals surface area contributed by atoms with Crippen molar-refractivity contribution in [2.24, 2.45) is 4.99 Å². The van der Waals surface area contributed by atoms with Crippen LogP contribution in [-0.4, -0.2) is 109 Å². The number of hydrogen-bond acceptors (Lipinski definition) is 9. The number of pyridine rings is 1. The molecule has 14 heteroatoms. The van der Waals surface area contributed by atoms with Gasteiger partial charge in [0.2, 0.25) is 21.9 Å². The molecule has 2 aromatic heterocycles. The Labute approximate surface area is 300 Å². The molecule has 0 spiro atoms. The molecule has 4 heterocycles. The molecule has 0 radical (unpaired) electrons. The molecule has 1 unspecified atom stereocenters. The molecule has 3 N–H and O–H groups in total. The van der Waals surface area contributed by atoms with Crippen LogP contribution >= 0.6 is 0 Å². The third-order valence-corrected chi connectivity index (χ3v) is 11.7. The third kappa shape index (κ3) is 7.99. The summed E-state index contributed by atoms with van der Waals surface area (Å²) >= 11 is 0. The number of carbonyl (C=O) groups is 1. The van der Waals surface area contributed by atoms with E-state index in [2.05, 4.69) is 46.8 Å². The predicted molar refractivity (Wildman–Crippen MR) is 204 cm³/mol. The average molecular weight is 713 g/mol. The Morgan fingerprint density at radius 2 is 1.84 bits per heavy atom. The molecule has 4 aromatic rings. The zero-order valence-corrected chi connectivity index (χ0v) is 31.0. The molecule has 0 saturated carbocycles. The number of aromatic nitrogens is 3. The van der Waals surface area contributed by atoms with Gasteiger partial charge in [-0.05, 0) is 62.0 Å². The van der Waals surface area contributed by atoms with Gasteiger partial charge in [-0.25, -0.2) is 17.7 Å². The number of hydrogen-bond donors (Lipinski definition) is 3. The Balaban J connectivity index is 1.25. The first-order chi connectivity index (χ1) is 24.4. The van der Waals surface area contributed by atoms with Crippen molar-refractivity contribution in [3.8, 4) is 11.3 Å². The normalized spacial score (nSPS) is 18.1. The minimum atomic E-state index is -3.31. The summed E-state index contributed by atoms with van der Waals surface area (Å²) in [7, 11) is 3.80. The molecule has 1 atom stereocenters. The van der Waals surface area contributed by atoms with Crippen molar-refractivity contribution >= 4 is 44.2 Å². The number of benzene rings is 2. The van der Waals surface area contributed by atoms with E-state index in [1.54, 1.807) is 26.4 Å². The van der Waals surface area contributed by atoms with Crippen LogP contribution in [0.3, 0.4) is 0 Å². The molecule has 51 heavy (non-hydrogen) atoms. The number of carbonyl (C=O) groups excluding carboxylic acids is 1. The van der Waals surface area contributed by atoms with Crippen molar-refractivity contribution in [3.05, 3.63) is 84.2 Å². The monoisotopic (exact) mass is 712 g/mol. The van der Waals surface area contributed by atoms with Gasteiger partial charge >= 0.3 is 0 Å². The first-order valence-corrected chi connectivity index (χ1v) is 18.8. The van der Waals surface area contributed by atoms with Gasteiger partial charge in [-0.15, -0.1) is 0 Å². The number of likely N-dealkylation sites (tertiary alicyclic amines) is 1. The lowest BCUT2D eigenvalue weighted by molar-refractivity contribution is -0.111. The minimum Gasteiger partial charge on any atom is -0.337 e. The fourth-order valence-electron chi connectivity index (χ4n) is 6.54. The van der Waals surface area contributed by atoms with Gasteiger partial charge in [0.15, 0.2) is 6.29 Å². The highest BCUT2D eigenvalue weighted by molar-refractivity contribution is 7.89. The van der Waals surface area contributed by atoms with E-state index in [0.717, 1.165) is 39.0 Å². The molecule has 270 valence electrons. The van der Waals surface area contributed by atoms with Crippen LogP contribution < -0.4 is 16.0 Å². The number of fused-ring (bicyclic) bond motifs is 2. The van der Waals surface area contributed by atoms with Crippen molar-refractivity contribution in [2.45, 2.75) is 50.7 Å². The lowest BCUT2D eigenvalue weighted by atomic mass is 9.99. The zero-order chi connectivity index (χ0) is 36.3. The summed E-state index contributed by atoms with van der Waals surface area (Å²) in [6.45, 7) is 6.57. The minimum absolute atomic E-state index is 0.175. The maximum Gasteiger partial charge on any atom is 0.248 e. The summed E-state index contributed by atoms with van der Waals surface area (Å²) in [6.07, 6.45) is 7.88. The number of amides is 1. The smallest absolute Gasteiger partial charge is 0.248 e. The van der Waals surface area contributed by atoms with E-state index in [4.69, 9.17) is 15.1 Å². The topological polar surface area (TPSA) is 140 Å². The van der Waals surface area contributed by atoms with Crippen LogP contribution in [0.25, 0.3) is 22.0 Å². The summed E-state index contributed by atoms with van der Waals surface area (Å²) < 4.78 is 28.8. The summed E-state index contributed by atoms with van der Waals surface area (Å²) in [4.78, 5) is 26.6. The number of likely N-dealkylation sites (N-methyl/N-ethyl adjacent to an activating group) is 1. The van der Waals surface area contributed by atoms with Crippen molar-refractivity contribution < 1.29 is 13.2 Å². The number of sulfonamides is 1. The van der Waals surface area contributed by atoms with E-state index in [9.17, 15) is 13.2 Å². The fraction of sp³-hybridized carbons (Fsp3) is 0.405. The summed E-state index contributed by atoms with van der Waals surface area (Å²) in [5.74, 6) is 1.56.